The monoisotopic (exact) mass is 536 g/mol. The third-order valence-electron chi connectivity index (χ3n) is 8.42. The van der Waals surface area contributed by atoms with E-state index in [1.54, 1.807) is 5.57 Å². The Morgan fingerprint density at radius 2 is 1.27 bits per heavy atom. The second-order valence-corrected chi connectivity index (χ2v) is 13.3. The molecule has 2 aliphatic rings. The number of hydrogen-bond acceptors (Lipinski definition) is 0. The maximum atomic E-state index is 2.41. The number of hydrogen-bond donors (Lipinski definition) is 0. The van der Waals surface area contributed by atoms with E-state index in [0.29, 0.717) is 17.3 Å². The smallest absolute Gasteiger partial charge is 0.0104 e. The fourth-order valence-corrected chi connectivity index (χ4v) is 5.84. The lowest BCUT2D eigenvalue weighted by atomic mass is 9.68. The predicted molar refractivity (Wildman–Crippen MR) is 181 cm³/mol. The molecule has 0 spiro atoms. The Morgan fingerprint density at radius 3 is 1.82 bits per heavy atom. The summed E-state index contributed by atoms with van der Waals surface area (Å²) < 4.78 is 0. The Hall–Kier alpha value is -2.86. The van der Waals surface area contributed by atoms with Crippen LogP contribution in [0, 0.1) is 22.7 Å². The van der Waals surface area contributed by atoms with Crippen LogP contribution in [0.3, 0.4) is 0 Å². The van der Waals surface area contributed by atoms with Crippen molar-refractivity contribution in [2.75, 3.05) is 0 Å². The molecule has 2 atom stereocenters. The molecular weight excluding hydrogens is 480 g/mol. The van der Waals surface area contributed by atoms with Crippen LogP contribution in [0.5, 0.6) is 0 Å². The number of allylic oxidation sites excluding steroid dienone is 22. The highest BCUT2D eigenvalue weighted by Gasteiger charge is 2.31. The van der Waals surface area contributed by atoms with Crippen LogP contribution in [0.15, 0.2) is 131 Å². The molecule has 2 rings (SSSR count). The zero-order valence-electron chi connectivity index (χ0n) is 27.2. The standard InChI is InChI=1S/C40H56/c1-31(19-13-21-33(3)25-27-37-35(5)23-15-29-39(37,7)8)17-11-12-18-32(2)20-14-22-34(4)26-28-38-36(6)24-16-30-40(38,9)10/h11-15,17-22,25-29,35,37H,16,23-24,30H2,1-10H3/b12-11+,19-13+,20-14+,27-25-,28-26+,31-17+,32-18+,33-21+,34-22-/t35-,37-/m1/s1. The van der Waals surface area contributed by atoms with Crippen LogP contribution < -0.4 is 0 Å². The lowest BCUT2D eigenvalue weighted by Gasteiger charge is -2.37. The molecule has 0 aromatic heterocycles. The minimum absolute atomic E-state index is 0.231. The van der Waals surface area contributed by atoms with Gasteiger partial charge in [0.1, 0.15) is 0 Å². The Kier molecular flexibility index (Phi) is 13.2. The van der Waals surface area contributed by atoms with Gasteiger partial charge in [0.15, 0.2) is 0 Å². The molecule has 0 fully saturated rings. The molecule has 0 radical (unpaired) electrons. The molecular formula is C40H56. The third kappa shape index (κ3) is 11.3. The summed E-state index contributed by atoms with van der Waals surface area (Å²) in [6, 6.07) is 0. The van der Waals surface area contributed by atoms with Gasteiger partial charge in [-0.3, -0.25) is 0 Å². The van der Waals surface area contributed by atoms with Crippen LogP contribution in [-0.4, -0.2) is 0 Å². The quantitative estimate of drug-likeness (QED) is 0.192. The fourth-order valence-electron chi connectivity index (χ4n) is 5.84. The van der Waals surface area contributed by atoms with E-state index in [1.807, 2.05) is 0 Å². The van der Waals surface area contributed by atoms with Crippen LogP contribution in [0.2, 0.25) is 0 Å². The van der Waals surface area contributed by atoms with E-state index >= 15 is 0 Å². The van der Waals surface area contributed by atoms with E-state index in [2.05, 4.69) is 166 Å². The summed E-state index contributed by atoms with van der Waals surface area (Å²) in [4.78, 5) is 0. The zero-order valence-corrected chi connectivity index (χ0v) is 27.2. The molecule has 0 aromatic rings. The topological polar surface area (TPSA) is 0 Å². The van der Waals surface area contributed by atoms with Crippen LogP contribution in [-0.2, 0) is 0 Å². The summed E-state index contributed by atoms with van der Waals surface area (Å²) in [7, 11) is 0. The molecule has 0 saturated carbocycles. The Labute approximate surface area is 247 Å². The molecule has 0 aliphatic heterocycles. The van der Waals surface area contributed by atoms with Crippen molar-refractivity contribution in [2.45, 2.75) is 94.9 Å². The van der Waals surface area contributed by atoms with E-state index in [4.69, 9.17) is 0 Å². The van der Waals surface area contributed by atoms with E-state index in [-0.39, 0.29) is 5.41 Å². The Bertz CT molecular complexity index is 1180. The molecule has 40 heavy (non-hydrogen) atoms. The largest absolute Gasteiger partial charge is 0.0877 e. The van der Waals surface area contributed by atoms with Gasteiger partial charge in [0.25, 0.3) is 0 Å². The Balaban J connectivity index is 1.87. The lowest BCUT2D eigenvalue weighted by molar-refractivity contribution is 0.238. The summed E-state index contributed by atoms with van der Waals surface area (Å²) >= 11 is 0. The fraction of sp³-hybridized carbons (Fsp3) is 0.450. The predicted octanol–water partition coefficient (Wildman–Crippen LogP) is 12.3. The average molecular weight is 537 g/mol. The zero-order chi connectivity index (χ0) is 29.8. The first-order valence-electron chi connectivity index (χ1n) is 15.3. The van der Waals surface area contributed by atoms with Gasteiger partial charge in [-0.1, -0.05) is 160 Å². The molecule has 0 heteroatoms. The molecule has 0 heterocycles. The second-order valence-electron chi connectivity index (χ2n) is 13.3. The molecule has 0 unspecified atom stereocenters. The SMILES string of the molecule is CC1=C(/C=C/C(C)=C\C=C\C(C)=C\C=C\C=C(C)\C=C\C=C(C)\C=C/[C@@H]2[C@H](C)CC=CC2(C)C)C(C)(C)CCC1. The summed E-state index contributed by atoms with van der Waals surface area (Å²) in [5, 5.41) is 0. The van der Waals surface area contributed by atoms with E-state index in [1.165, 1.54) is 53.5 Å². The minimum atomic E-state index is 0.231. The summed E-state index contributed by atoms with van der Waals surface area (Å²) in [5.41, 5.74) is 8.61. The van der Waals surface area contributed by atoms with Crippen molar-refractivity contribution in [3.8, 4) is 0 Å². The van der Waals surface area contributed by atoms with E-state index in [9.17, 15) is 0 Å². The highest BCUT2D eigenvalue weighted by molar-refractivity contribution is 5.37. The van der Waals surface area contributed by atoms with Gasteiger partial charge in [-0.25, -0.2) is 0 Å². The van der Waals surface area contributed by atoms with Gasteiger partial charge in [-0.15, -0.1) is 0 Å². The van der Waals surface area contributed by atoms with E-state index in [0.717, 1.165) is 0 Å². The summed E-state index contributed by atoms with van der Waals surface area (Å²) in [5.74, 6) is 1.27. The molecule has 0 bridgehead atoms. The molecule has 0 aromatic carbocycles. The molecule has 0 nitrogen and oxygen atoms in total. The van der Waals surface area contributed by atoms with Gasteiger partial charge >= 0.3 is 0 Å². The first-order valence-corrected chi connectivity index (χ1v) is 15.3. The van der Waals surface area contributed by atoms with Crippen LogP contribution in [0.4, 0.5) is 0 Å². The average Bonchev–Trinajstić information content (AvgIpc) is 2.85. The molecule has 0 saturated heterocycles. The van der Waals surface area contributed by atoms with Crippen molar-refractivity contribution in [1.82, 2.24) is 0 Å². The highest BCUT2D eigenvalue weighted by atomic mass is 14.4. The summed E-state index contributed by atoms with van der Waals surface area (Å²) in [6.07, 6.45) is 40.6. The maximum absolute atomic E-state index is 2.41. The van der Waals surface area contributed by atoms with Crippen molar-refractivity contribution in [3.63, 3.8) is 0 Å². The van der Waals surface area contributed by atoms with Crippen LogP contribution in [0.25, 0.3) is 0 Å². The first-order chi connectivity index (χ1) is 18.8. The van der Waals surface area contributed by atoms with Crippen LogP contribution in [0.1, 0.15) is 94.9 Å². The normalized spacial score (nSPS) is 25.1. The van der Waals surface area contributed by atoms with Gasteiger partial charge in [-0.2, -0.15) is 0 Å². The van der Waals surface area contributed by atoms with Crippen LogP contribution >= 0.6 is 0 Å². The molecule has 0 amide bonds. The van der Waals surface area contributed by atoms with Gasteiger partial charge in [0.05, 0.1) is 0 Å². The van der Waals surface area contributed by atoms with Crippen molar-refractivity contribution in [3.05, 3.63) is 131 Å². The number of rotatable bonds is 10. The van der Waals surface area contributed by atoms with Gasteiger partial charge in [0, 0.05) is 0 Å². The highest BCUT2D eigenvalue weighted by Crippen LogP contribution is 2.41. The summed E-state index contributed by atoms with van der Waals surface area (Å²) in [6.45, 7) is 22.7. The van der Waals surface area contributed by atoms with Crippen molar-refractivity contribution in [1.29, 1.82) is 0 Å². The minimum Gasteiger partial charge on any atom is -0.0877 e. The van der Waals surface area contributed by atoms with Gasteiger partial charge in [-0.05, 0) is 88.5 Å². The second kappa shape index (κ2) is 15.8. The van der Waals surface area contributed by atoms with Crippen molar-refractivity contribution < 1.29 is 0 Å². The lowest BCUT2D eigenvalue weighted by Crippen LogP contribution is -2.28. The third-order valence-corrected chi connectivity index (χ3v) is 8.42. The van der Waals surface area contributed by atoms with Gasteiger partial charge < -0.3 is 0 Å². The van der Waals surface area contributed by atoms with Crippen molar-refractivity contribution >= 4 is 0 Å². The van der Waals surface area contributed by atoms with Crippen molar-refractivity contribution in [2.24, 2.45) is 22.7 Å². The molecule has 0 N–H and O–H groups in total. The maximum Gasteiger partial charge on any atom is -0.0104 e. The molecule has 2 aliphatic carbocycles. The Morgan fingerprint density at radius 1 is 0.750 bits per heavy atom. The first kappa shape index (κ1) is 33.3. The van der Waals surface area contributed by atoms with Gasteiger partial charge in [0.2, 0.25) is 0 Å². The molecule has 216 valence electrons. The van der Waals surface area contributed by atoms with E-state index < -0.39 is 0 Å².